The van der Waals surface area contributed by atoms with E-state index in [4.69, 9.17) is 14.2 Å². The lowest BCUT2D eigenvalue weighted by molar-refractivity contribution is 0.102. The van der Waals surface area contributed by atoms with E-state index >= 15 is 0 Å². The van der Waals surface area contributed by atoms with Crippen LogP contribution in [-0.4, -0.2) is 24.8 Å². The Balaban J connectivity index is 1.35. The second-order valence-electron chi connectivity index (χ2n) is 6.16. The van der Waals surface area contributed by atoms with Crippen molar-refractivity contribution in [2.75, 3.05) is 24.5 Å². The summed E-state index contributed by atoms with van der Waals surface area (Å²) in [6, 6.07) is 16.6. The van der Waals surface area contributed by atoms with Gasteiger partial charge in [-0.2, -0.15) is 0 Å². The Hall–Kier alpha value is -3.74. The molecule has 7 nitrogen and oxygen atoms in total. The average Bonchev–Trinajstić information content (AvgIpc) is 3.21. The van der Waals surface area contributed by atoms with Crippen molar-refractivity contribution in [1.29, 1.82) is 0 Å². The monoisotopic (exact) mass is 377 g/mol. The first-order chi connectivity index (χ1) is 13.7. The van der Waals surface area contributed by atoms with E-state index in [1.807, 2.05) is 30.3 Å². The standard InChI is InChI=1S/C21H19N3O4/c1-26-17-6-2-14(3-7-17)11-22-16-4-8-18(23-12-16)21(25)24-15-5-9-19-20(10-15)28-13-27-19/h2-10,12,22H,11,13H2,1H3,(H,24,25). The summed E-state index contributed by atoms with van der Waals surface area (Å²) < 4.78 is 15.7. The van der Waals surface area contributed by atoms with Crippen molar-refractivity contribution in [3.8, 4) is 17.2 Å². The van der Waals surface area contributed by atoms with Gasteiger partial charge in [-0.1, -0.05) is 12.1 Å². The van der Waals surface area contributed by atoms with E-state index in [9.17, 15) is 4.79 Å². The lowest BCUT2D eigenvalue weighted by Gasteiger charge is -2.09. The molecule has 1 amide bonds. The van der Waals surface area contributed by atoms with Gasteiger partial charge in [-0.25, -0.2) is 4.98 Å². The lowest BCUT2D eigenvalue weighted by Crippen LogP contribution is -2.13. The van der Waals surface area contributed by atoms with Crippen LogP contribution in [0.5, 0.6) is 17.2 Å². The number of rotatable bonds is 6. The van der Waals surface area contributed by atoms with Crippen molar-refractivity contribution in [2.24, 2.45) is 0 Å². The Bertz CT molecular complexity index is 972. The predicted octanol–water partition coefficient (Wildman–Crippen LogP) is 3.68. The molecule has 7 heteroatoms. The third-order valence-electron chi connectivity index (χ3n) is 4.28. The van der Waals surface area contributed by atoms with E-state index in [2.05, 4.69) is 15.6 Å². The minimum absolute atomic E-state index is 0.194. The molecule has 0 bridgehead atoms. The molecular formula is C21H19N3O4. The van der Waals surface area contributed by atoms with Crippen LogP contribution in [0.25, 0.3) is 0 Å². The average molecular weight is 377 g/mol. The largest absolute Gasteiger partial charge is 0.497 e. The maximum absolute atomic E-state index is 12.4. The normalized spacial score (nSPS) is 11.8. The predicted molar refractivity (Wildman–Crippen MR) is 105 cm³/mol. The summed E-state index contributed by atoms with van der Waals surface area (Å²) in [5.41, 5.74) is 2.89. The molecule has 0 aliphatic carbocycles. The highest BCUT2D eigenvalue weighted by atomic mass is 16.7. The molecule has 4 rings (SSSR count). The third kappa shape index (κ3) is 3.98. The van der Waals surface area contributed by atoms with Gasteiger partial charge < -0.3 is 24.8 Å². The molecule has 1 aromatic heterocycles. The number of methoxy groups -OCH3 is 1. The van der Waals surface area contributed by atoms with Crippen LogP contribution in [0.2, 0.25) is 0 Å². The molecule has 0 fully saturated rings. The van der Waals surface area contributed by atoms with Gasteiger partial charge in [0, 0.05) is 18.3 Å². The molecule has 0 saturated carbocycles. The maximum Gasteiger partial charge on any atom is 0.274 e. The number of amides is 1. The number of carbonyl (C=O) groups is 1. The minimum atomic E-state index is -0.291. The van der Waals surface area contributed by atoms with Crippen LogP contribution in [-0.2, 0) is 6.54 Å². The van der Waals surface area contributed by atoms with Gasteiger partial charge in [-0.3, -0.25) is 4.79 Å². The van der Waals surface area contributed by atoms with Gasteiger partial charge >= 0.3 is 0 Å². The molecule has 142 valence electrons. The van der Waals surface area contributed by atoms with Gasteiger partial charge in [0.1, 0.15) is 11.4 Å². The SMILES string of the molecule is COc1ccc(CNc2ccc(C(=O)Nc3ccc4c(c3)OCO4)nc2)cc1. The first-order valence-electron chi connectivity index (χ1n) is 8.75. The Morgan fingerprint density at radius 1 is 1.04 bits per heavy atom. The molecular weight excluding hydrogens is 358 g/mol. The van der Waals surface area contributed by atoms with Crippen LogP contribution >= 0.6 is 0 Å². The summed E-state index contributed by atoms with van der Waals surface area (Å²) in [4.78, 5) is 16.6. The molecule has 2 N–H and O–H groups in total. The fraction of sp³-hybridized carbons (Fsp3) is 0.143. The van der Waals surface area contributed by atoms with Crippen molar-refractivity contribution >= 4 is 17.3 Å². The number of ether oxygens (including phenoxy) is 3. The summed E-state index contributed by atoms with van der Waals surface area (Å²) in [5.74, 6) is 1.82. The van der Waals surface area contributed by atoms with Crippen molar-refractivity contribution in [3.05, 3.63) is 72.1 Å². The number of benzene rings is 2. The van der Waals surface area contributed by atoms with Gasteiger partial charge in [-0.05, 0) is 42.0 Å². The molecule has 28 heavy (non-hydrogen) atoms. The van der Waals surface area contributed by atoms with E-state index in [1.165, 1.54) is 0 Å². The highest BCUT2D eigenvalue weighted by Crippen LogP contribution is 2.34. The summed E-state index contributed by atoms with van der Waals surface area (Å²) >= 11 is 0. The van der Waals surface area contributed by atoms with Crippen LogP contribution in [0, 0.1) is 0 Å². The number of pyridine rings is 1. The van der Waals surface area contributed by atoms with E-state index in [1.54, 1.807) is 37.6 Å². The number of hydrogen-bond donors (Lipinski definition) is 2. The molecule has 0 atom stereocenters. The molecule has 1 aliphatic heterocycles. The van der Waals surface area contributed by atoms with Gasteiger partial charge in [0.2, 0.25) is 6.79 Å². The Morgan fingerprint density at radius 3 is 2.57 bits per heavy atom. The van der Waals surface area contributed by atoms with E-state index in [0.29, 0.717) is 29.4 Å². The van der Waals surface area contributed by atoms with E-state index < -0.39 is 0 Å². The molecule has 3 aromatic rings. The molecule has 0 saturated heterocycles. The Kier molecular flexibility index (Phi) is 4.97. The highest BCUT2D eigenvalue weighted by Gasteiger charge is 2.15. The molecule has 1 aliphatic rings. The lowest BCUT2D eigenvalue weighted by atomic mass is 10.2. The summed E-state index contributed by atoms with van der Waals surface area (Å²) in [7, 11) is 1.64. The summed E-state index contributed by atoms with van der Waals surface area (Å²) in [6.45, 7) is 0.841. The van der Waals surface area contributed by atoms with E-state index in [0.717, 1.165) is 17.0 Å². The second kappa shape index (κ2) is 7.87. The number of fused-ring (bicyclic) bond motifs is 1. The summed E-state index contributed by atoms with van der Waals surface area (Å²) in [5, 5.41) is 6.08. The van der Waals surface area contributed by atoms with Crippen LogP contribution in [0.3, 0.4) is 0 Å². The molecule has 0 radical (unpaired) electrons. The number of nitrogens with one attached hydrogen (secondary N) is 2. The first kappa shape index (κ1) is 17.7. The van der Waals surface area contributed by atoms with Gasteiger partial charge in [0.05, 0.1) is 19.0 Å². The number of anilines is 2. The maximum atomic E-state index is 12.4. The molecule has 2 aromatic carbocycles. The summed E-state index contributed by atoms with van der Waals surface area (Å²) in [6.07, 6.45) is 1.64. The zero-order valence-electron chi connectivity index (χ0n) is 15.3. The number of nitrogens with zero attached hydrogens (tertiary/aromatic N) is 1. The van der Waals surface area contributed by atoms with Gasteiger partial charge in [0.15, 0.2) is 11.5 Å². The van der Waals surface area contributed by atoms with Crippen LogP contribution < -0.4 is 24.8 Å². The number of aromatic nitrogens is 1. The zero-order valence-corrected chi connectivity index (χ0v) is 15.3. The highest BCUT2D eigenvalue weighted by molar-refractivity contribution is 6.03. The smallest absolute Gasteiger partial charge is 0.274 e. The molecule has 0 spiro atoms. The van der Waals surface area contributed by atoms with Crippen molar-refractivity contribution < 1.29 is 19.0 Å². The first-order valence-corrected chi connectivity index (χ1v) is 8.75. The van der Waals surface area contributed by atoms with Gasteiger partial charge in [0.25, 0.3) is 5.91 Å². The van der Waals surface area contributed by atoms with Crippen LogP contribution in [0.4, 0.5) is 11.4 Å². The zero-order chi connectivity index (χ0) is 19.3. The van der Waals surface area contributed by atoms with Gasteiger partial charge in [-0.15, -0.1) is 0 Å². The van der Waals surface area contributed by atoms with Crippen LogP contribution in [0.15, 0.2) is 60.8 Å². The van der Waals surface area contributed by atoms with Crippen molar-refractivity contribution in [2.45, 2.75) is 6.54 Å². The fourth-order valence-electron chi connectivity index (χ4n) is 2.75. The topological polar surface area (TPSA) is 81.7 Å². The van der Waals surface area contributed by atoms with Crippen LogP contribution in [0.1, 0.15) is 16.1 Å². The quantitative estimate of drug-likeness (QED) is 0.682. The fourth-order valence-corrected chi connectivity index (χ4v) is 2.75. The van der Waals surface area contributed by atoms with Crippen molar-refractivity contribution in [1.82, 2.24) is 4.98 Å². The third-order valence-corrected chi connectivity index (χ3v) is 4.28. The van der Waals surface area contributed by atoms with Crippen molar-refractivity contribution in [3.63, 3.8) is 0 Å². The van der Waals surface area contributed by atoms with E-state index in [-0.39, 0.29) is 12.7 Å². The number of hydrogen-bond acceptors (Lipinski definition) is 6. The number of carbonyl (C=O) groups excluding carboxylic acids is 1. The Morgan fingerprint density at radius 2 is 1.82 bits per heavy atom. The molecule has 2 heterocycles. The second-order valence-corrected chi connectivity index (χ2v) is 6.16. The Labute approximate surface area is 162 Å². The minimum Gasteiger partial charge on any atom is -0.497 e. The molecule has 0 unspecified atom stereocenters.